The van der Waals surface area contributed by atoms with E-state index in [0.29, 0.717) is 11.4 Å². The van der Waals surface area contributed by atoms with E-state index in [2.05, 4.69) is 10.2 Å². The zero-order valence-corrected chi connectivity index (χ0v) is 33.9. The Morgan fingerprint density at radius 3 is 1.89 bits per heavy atom. The van der Waals surface area contributed by atoms with E-state index < -0.39 is 104 Å². The lowest BCUT2D eigenvalue weighted by Gasteiger charge is -2.50. The molecule has 2 aliphatic carbocycles. The molecule has 4 aromatic carbocycles. The van der Waals surface area contributed by atoms with Gasteiger partial charge in [-0.05, 0) is 67.3 Å². The monoisotopic (exact) mass is 883 g/mol. The third kappa shape index (κ3) is 5.98. The summed E-state index contributed by atoms with van der Waals surface area (Å²) in [5.74, 6) is -23.3. The molecule has 19 heteroatoms. The number of amides is 4. The molecule has 316 valence electrons. The fourth-order valence-corrected chi connectivity index (χ4v) is 9.82. The van der Waals surface area contributed by atoms with Crippen molar-refractivity contribution in [1.29, 1.82) is 0 Å². The van der Waals surface area contributed by atoms with Crippen LogP contribution in [-0.2, 0) is 19.2 Å². The number of ether oxygens (including phenoxy) is 2. The van der Waals surface area contributed by atoms with Crippen LogP contribution in [0.1, 0.15) is 24.3 Å². The topological polar surface area (TPSA) is 141 Å². The standard InChI is InChI=1S/C42H32Cl2F5N5O7/c1-52(2)20-9-5-18(6-10-20)50-51-19-7-11-21(12-8-19)53-37(56)24-14-13-23-25(28(24)38(53)57)17-41(43)39(58)54(36-34(48)32(46)31(45)33(47)35(36)49)40(59)42(41,44)30(23)29-26(55)15-22(60-3)16-27(29)61-4/h5-13,15-16,24-25,28,30,55H,14,17H2,1-4H3. The number of imide groups is 2. The first-order valence-electron chi connectivity index (χ1n) is 18.5. The van der Waals surface area contributed by atoms with Crippen molar-refractivity contribution in [1.82, 2.24) is 0 Å². The van der Waals surface area contributed by atoms with Gasteiger partial charge in [0.1, 0.15) is 22.9 Å². The zero-order valence-electron chi connectivity index (χ0n) is 32.4. The van der Waals surface area contributed by atoms with Gasteiger partial charge in [-0.1, -0.05) is 11.6 Å². The number of hydrogen-bond acceptors (Lipinski definition) is 10. The molecule has 2 saturated heterocycles. The van der Waals surface area contributed by atoms with Crippen molar-refractivity contribution in [3.05, 3.63) is 107 Å². The summed E-state index contributed by atoms with van der Waals surface area (Å²) in [6.07, 6.45) is 0.638. The highest BCUT2D eigenvalue weighted by atomic mass is 35.5. The Morgan fingerprint density at radius 2 is 1.33 bits per heavy atom. The van der Waals surface area contributed by atoms with Crippen molar-refractivity contribution >= 4 is 75.3 Å². The first kappa shape index (κ1) is 41.7. The van der Waals surface area contributed by atoms with Crippen molar-refractivity contribution in [3.63, 3.8) is 0 Å². The summed E-state index contributed by atoms with van der Waals surface area (Å²) >= 11 is 14.5. The Hall–Kier alpha value is -6.07. The largest absolute Gasteiger partial charge is 0.507 e. The zero-order chi connectivity index (χ0) is 44.0. The molecule has 2 aliphatic heterocycles. The second-order valence-electron chi connectivity index (χ2n) is 15.1. The number of hydrogen-bond donors (Lipinski definition) is 1. The summed E-state index contributed by atoms with van der Waals surface area (Å²) < 4.78 is 85.1. The van der Waals surface area contributed by atoms with Crippen LogP contribution >= 0.6 is 23.2 Å². The molecular weight excluding hydrogens is 852 g/mol. The van der Waals surface area contributed by atoms with Gasteiger partial charge in [0, 0.05) is 43.4 Å². The first-order valence-corrected chi connectivity index (χ1v) is 19.3. The summed E-state index contributed by atoms with van der Waals surface area (Å²) in [6.45, 7) is 0. The molecule has 4 aliphatic rings. The molecule has 0 radical (unpaired) electrons. The number of carbonyl (C=O) groups is 4. The summed E-state index contributed by atoms with van der Waals surface area (Å²) in [5, 5.41) is 20.0. The number of phenolic OH excluding ortho intramolecular Hbond substituents is 1. The minimum Gasteiger partial charge on any atom is -0.507 e. The number of anilines is 3. The van der Waals surface area contributed by atoms with Crippen LogP contribution in [0.3, 0.4) is 0 Å². The predicted molar refractivity (Wildman–Crippen MR) is 212 cm³/mol. The Kier molecular flexibility index (Phi) is 10.1. The van der Waals surface area contributed by atoms with E-state index in [1.54, 1.807) is 24.3 Å². The number of aromatic hydroxyl groups is 1. The van der Waals surface area contributed by atoms with E-state index in [4.69, 9.17) is 32.7 Å². The van der Waals surface area contributed by atoms with E-state index in [1.165, 1.54) is 38.5 Å². The lowest BCUT2D eigenvalue weighted by Crippen LogP contribution is -2.60. The lowest BCUT2D eigenvalue weighted by atomic mass is 9.56. The molecule has 4 amide bonds. The normalized spacial score (nSPS) is 25.8. The van der Waals surface area contributed by atoms with Crippen LogP contribution in [0.5, 0.6) is 17.2 Å². The molecule has 2 heterocycles. The van der Waals surface area contributed by atoms with E-state index in [1.807, 2.05) is 31.1 Å². The number of methoxy groups -OCH3 is 2. The van der Waals surface area contributed by atoms with Gasteiger partial charge in [0.25, 0.3) is 11.8 Å². The van der Waals surface area contributed by atoms with Crippen molar-refractivity contribution < 1.29 is 55.7 Å². The van der Waals surface area contributed by atoms with Crippen molar-refractivity contribution in [2.24, 2.45) is 28.0 Å². The second kappa shape index (κ2) is 14.8. The highest BCUT2D eigenvalue weighted by Gasteiger charge is 2.77. The SMILES string of the molecule is COc1cc(O)c(C2C3=CCC4C(=O)N(c5ccc(N=Nc6ccc(N(C)C)cc6)cc5)C(=O)C4C3CC3(Cl)C(=O)N(c4c(F)c(F)c(F)c(F)c4F)C(=O)C23Cl)c(OC)c1. The van der Waals surface area contributed by atoms with Gasteiger partial charge in [-0.2, -0.15) is 10.2 Å². The van der Waals surface area contributed by atoms with Gasteiger partial charge in [-0.15, -0.1) is 23.2 Å². The third-order valence-electron chi connectivity index (χ3n) is 11.8. The van der Waals surface area contributed by atoms with Gasteiger partial charge < -0.3 is 19.5 Å². The van der Waals surface area contributed by atoms with Gasteiger partial charge in [-0.3, -0.25) is 24.1 Å². The molecule has 6 atom stereocenters. The van der Waals surface area contributed by atoms with Gasteiger partial charge >= 0.3 is 0 Å². The molecular formula is C42H32Cl2F5N5O7. The average molecular weight is 885 g/mol. The van der Waals surface area contributed by atoms with Crippen LogP contribution in [0.15, 0.2) is 82.5 Å². The van der Waals surface area contributed by atoms with Crippen LogP contribution in [0, 0.1) is 46.8 Å². The second-order valence-corrected chi connectivity index (χ2v) is 16.3. The quantitative estimate of drug-likeness (QED) is 0.0354. The maximum atomic E-state index is 15.4. The first-order chi connectivity index (χ1) is 28.9. The number of alkyl halides is 2. The lowest BCUT2D eigenvalue weighted by molar-refractivity contribution is -0.125. The van der Waals surface area contributed by atoms with Crippen molar-refractivity contribution in [2.75, 3.05) is 43.0 Å². The van der Waals surface area contributed by atoms with E-state index in [9.17, 15) is 37.5 Å². The number of halogens is 7. The molecule has 61 heavy (non-hydrogen) atoms. The van der Waals surface area contributed by atoms with Gasteiger partial charge in [0.15, 0.2) is 33.0 Å². The molecule has 4 aromatic rings. The molecule has 0 spiro atoms. The summed E-state index contributed by atoms with van der Waals surface area (Å²) in [6, 6.07) is 15.8. The molecule has 8 rings (SSSR count). The maximum absolute atomic E-state index is 15.4. The van der Waals surface area contributed by atoms with Gasteiger partial charge in [0.2, 0.25) is 17.6 Å². The van der Waals surface area contributed by atoms with Crippen LogP contribution < -0.4 is 24.2 Å². The highest BCUT2D eigenvalue weighted by Crippen LogP contribution is 2.68. The summed E-state index contributed by atoms with van der Waals surface area (Å²) in [4.78, 5) is 54.8. The summed E-state index contributed by atoms with van der Waals surface area (Å²) in [5.41, 5.74) is 0.00640. The molecule has 1 N–H and O–H groups in total. The van der Waals surface area contributed by atoms with Gasteiger partial charge in [0.05, 0.1) is 43.1 Å². The Labute approximate surface area is 353 Å². The van der Waals surface area contributed by atoms with Crippen LogP contribution in [-0.4, -0.2) is 66.8 Å². The summed E-state index contributed by atoms with van der Waals surface area (Å²) in [7, 11) is 6.27. The number of nitrogens with zero attached hydrogens (tertiary/aromatic N) is 5. The Morgan fingerprint density at radius 1 is 0.754 bits per heavy atom. The van der Waals surface area contributed by atoms with Crippen LogP contribution in [0.4, 0.5) is 50.4 Å². The number of azo groups is 1. The average Bonchev–Trinajstić information content (AvgIpc) is 3.59. The molecule has 1 saturated carbocycles. The Bertz CT molecular complexity index is 2600. The third-order valence-corrected chi connectivity index (χ3v) is 13.2. The number of benzene rings is 4. The maximum Gasteiger partial charge on any atom is 0.258 e. The molecule has 0 aromatic heterocycles. The minimum atomic E-state index is -2.88. The Balaban J connectivity index is 1.22. The van der Waals surface area contributed by atoms with Crippen molar-refractivity contribution in [2.45, 2.75) is 28.5 Å². The van der Waals surface area contributed by atoms with Crippen molar-refractivity contribution in [3.8, 4) is 17.2 Å². The molecule has 12 nitrogen and oxygen atoms in total. The number of allylic oxidation sites excluding steroid dienone is 2. The molecule has 6 unspecified atom stereocenters. The highest BCUT2D eigenvalue weighted by molar-refractivity contribution is 6.58. The number of carbonyl (C=O) groups excluding carboxylic acids is 4. The number of rotatable bonds is 8. The predicted octanol–water partition coefficient (Wildman–Crippen LogP) is 8.35. The van der Waals surface area contributed by atoms with E-state index >= 15 is 8.78 Å². The van der Waals surface area contributed by atoms with Gasteiger partial charge in [-0.25, -0.2) is 26.9 Å². The fourth-order valence-electron chi connectivity index (χ4n) is 8.90. The molecule has 3 fully saturated rings. The van der Waals surface area contributed by atoms with Crippen LogP contribution in [0.2, 0.25) is 0 Å². The minimum absolute atomic E-state index is 0.0547. The van der Waals surface area contributed by atoms with E-state index in [-0.39, 0.29) is 39.6 Å². The van der Waals surface area contributed by atoms with E-state index in [0.717, 1.165) is 16.7 Å². The van der Waals surface area contributed by atoms with Crippen LogP contribution in [0.25, 0.3) is 0 Å². The number of phenols is 1. The smallest absolute Gasteiger partial charge is 0.258 e. The number of fused-ring (bicyclic) bond motifs is 4. The molecule has 0 bridgehead atoms. The fraction of sp³-hybridized carbons (Fsp3) is 0.286.